The number of carboxylic acids is 1. The van der Waals surface area contributed by atoms with Crippen molar-refractivity contribution >= 4 is 17.7 Å². The molecule has 0 aliphatic rings. The van der Waals surface area contributed by atoms with Crippen molar-refractivity contribution in [2.75, 3.05) is 0 Å². The topological polar surface area (TPSA) is 50.4 Å². The molecular formula is C9H12O3S. The number of hydrogen-bond donors (Lipinski definition) is 1. The minimum absolute atomic E-state index is 0.329. The third-order valence-corrected chi connectivity index (χ3v) is 3.04. The van der Waals surface area contributed by atoms with Crippen LogP contribution in [0.4, 0.5) is 0 Å². The smallest absolute Gasteiger partial charge is 0.316 e. The summed E-state index contributed by atoms with van der Waals surface area (Å²) in [5.41, 5.74) is 0. The third-order valence-electron chi connectivity index (χ3n) is 1.65. The molecule has 0 aromatic carbocycles. The minimum Gasteiger partial charge on any atom is -0.480 e. The van der Waals surface area contributed by atoms with E-state index in [2.05, 4.69) is 0 Å². The lowest BCUT2D eigenvalue weighted by Gasteiger charge is -2.06. The Balaban J connectivity index is 2.36. The monoisotopic (exact) mass is 200 g/mol. The largest absolute Gasteiger partial charge is 0.480 e. The zero-order valence-corrected chi connectivity index (χ0v) is 8.21. The van der Waals surface area contributed by atoms with Gasteiger partial charge in [0.25, 0.3) is 0 Å². The van der Waals surface area contributed by atoms with E-state index >= 15 is 0 Å². The summed E-state index contributed by atoms with van der Waals surface area (Å²) >= 11 is 1.39. The SMILES string of the molecule is CC[C@@H](SCc1ccco1)C(=O)O. The van der Waals surface area contributed by atoms with Gasteiger partial charge in [-0.2, -0.15) is 0 Å². The van der Waals surface area contributed by atoms with Gasteiger partial charge in [0.1, 0.15) is 11.0 Å². The van der Waals surface area contributed by atoms with Crippen LogP contribution in [0.25, 0.3) is 0 Å². The summed E-state index contributed by atoms with van der Waals surface area (Å²) in [5.74, 6) is 0.696. The highest BCUT2D eigenvalue weighted by molar-refractivity contribution is 7.99. The first kappa shape index (κ1) is 10.2. The van der Waals surface area contributed by atoms with E-state index in [4.69, 9.17) is 9.52 Å². The highest BCUT2D eigenvalue weighted by atomic mass is 32.2. The van der Waals surface area contributed by atoms with Gasteiger partial charge in [0.05, 0.1) is 12.0 Å². The molecule has 0 saturated carbocycles. The highest BCUT2D eigenvalue weighted by Crippen LogP contribution is 2.20. The van der Waals surface area contributed by atoms with Crippen molar-refractivity contribution in [1.82, 2.24) is 0 Å². The fourth-order valence-electron chi connectivity index (χ4n) is 0.941. The molecule has 0 aliphatic heterocycles. The first-order valence-electron chi connectivity index (χ1n) is 4.10. The van der Waals surface area contributed by atoms with Gasteiger partial charge in [-0.1, -0.05) is 6.92 Å². The summed E-state index contributed by atoms with van der Waals surface area (Å²) in [6.45, 7) is 1.87. The molecule has 0 bridgehead atoms. The first-order chi connectivity index (χ1) is 6.24. The van der Waals surface area contributed by atoms with E-state index in [0.717, 1.165) is 5.76 Å². The number of thioether (sulfide) groups is 1. The van der Waals surface area contributed by atoms with Gasteiger partial charge in [-0.3, -0.25) is 4.79 Å². The van der Waals surface area contributed by atoms with Crippen LogP contribution in [-0.2, 0) is 10.5 Å². The van der Waals surface area contributed by atoms with E-state index in [1.54, 1.807) is 12.3 Å². The summed E-state index contributed by atoms with van der Waals surface area (Å²) in [5, 5.41) is 8.42. The number of furan rings is 1. The van der Waals surface area contributed by atoms with Crippen molar-refractivity contribution in [3.05, 3.63) is 24.2 Å². The molecule has 0 unspecified atom stereocenters. The fourth-order valence-corrected chi connectivity index (χ4v) is 1.85. The molecule has 1 atom stereocenters. The molecule has 1 aromatic rings. The third kappa shape index (κ3) is 3.14. The Labute approximate surface area is 81.1 Å². The van der Waals surface area contributed by atoms with E-state index in [9.17, 15) is 4.79 Å². The molecule has 3 nitrogen and oxygen atoms in total. The van der Waals surface area contributed by atoms with Crippen molar-refractivity contribution in [3.63, 3.8) is 0 Å². The lowest BCUT2D eigenvalue weighted by molar-refractivity contribution is -0.136. The van der Waals surface area contributed by atoms with Gasteiger partial charge in [0.2, 0.25) is 0 Å². The molecule has 0 radical (unpaired) electrons. The molecule has 0 fully saturated rings. The molecule has 0 amide bonds. The maximum atomic E-state index is 10.6. The molecule has 0 aliphatic carbocycles. The zero-order valence-electron chi connectivity index (χ0n) is 7.40. The van der Waals surface area contributed by atoms with E-state index in [0.29, 0.717) is 12.2 Å². The predicted molar refractivity (Wildman–Crippen MR) is 51.7 cm³/mol. The summed E-state index contributed by atoms with van der Waals surface area (Å²) < 4.78 is 5.09. The fraction of sp³-hybridized carbons (Fsp3) is 0.444. The van der Waals surface area contributed by atoms with Gasteiger partial charge < -0.3 is 9.52 Å². The second-order valence-electron chi connectivity index (χ2n) is 2.63. The summed E-state index contributed by atoms with van der Waals surface area (Å²) in [4.78, 5) is 10.6. The average molecular weight is 200 g/mol. The van der Waals surface area contributed by atoms with Gasteiger partial charge in [-0.25, -0.2) is 0 Å². The molecule has 4 heteroatoms. The zero-order chi connectivity index (χ0) is 9.68. The second-order valence-corrected chi connectivity index (χ2v) is 3.82. The molecule has 0 saturated heterocycles. The van der Waals surface area contributed by atoms with Crippen molar-refractivity contribution in [2.24, 2.45) is 0 Å². The van der Waals surface area contributed by atoms with E-state index in [-0.39, 0.29) is 5.25 Å². The van der Waals surface area contributed by atoms with E-state index in [1.165, 1.54) is 11.8 Å². The van der Waals surface area contributed by atoms with Gasteiger partial charge in [-0.15, -0.1) is 11.8 Å². The molecule has 1 heterocycles. The molecule has 13 heavy (non-hydrogen) atoms. The van der Waals surface area contributed by atoms with Crippen molar-refractivity contribution in [1.29, 1.82) is 0 Å². The highest BCUT2D eigenvalue weighted by Gasteiger charge is 2.15. The minimum atomic E-state index is -0.751. The molecule has 1 N–H and O–H groups in total. The first-order valence-corrected chi connectivity index (χ1v) is 5.15. The van der Waals surface area contributed by atoms with Crippen LogP contribution in [0.1, 0.15) is 19.1 Å². The molecule has 1 rings (SSSR count). The van der Waals surface area contributed by atoms with Crippen LogP contribution in [0.3, 0.4) is 0 Å². The Bertz CT molecular complexity index is 256. The molecule has 72 valence electrons. The van der Waals surface area contributed by atoms with Crippen LogP contribution in [0.5, 0.6) is 0 Å². The van der Waals surface area contributed by atoms with Crippen LogP contribution in [-0.4, -0.2) is 16.3 Å². The summed E-state index contributed by atoms with van der Waals surface area (Å²) in [7, 11) is 0. The van der Waals surface area contributed by atoms with Crippen molar-refractivity contribution < 1.29 is 14.3 Å². The Morgan fingerprint density at radius 3 is 3.00 bits per heavy atom. The summed E-state index contributed by atoms with van der Waals surface area (Å²) in [6.07, 6.45) is 2.23. The van der Waals surface area contributed by atoms with Crippen LogP contribution in [0.15, 0.2) is 22.8 Å². The number of carboxylic acid groups (broad SMARTS) is 1. The Morgan fingerprint density at radius 2 is 2.54 bits per heavy atom. The number of aliphatic carboxylic acids is 1. The van der Waals surface area contributed by atoms with Crippen LogP contribution in [0.2, 0.25) is 0 Å². The van der Waals surface area contributed by atoms with Gasteiger partial charge in [0.15, 0.2) is 0 Å². The lowest BCUT2D eigenvalue weighted by atomic mass is 10.3. The quantitative estimate of drug-likeness (QED) is 0.792. The van der Waals surface area contributed by atoms with Crippen LogP contribution in [0, 0.1) is 0 Å². The lowest BCUT2D eigenvalue weighted by Crippen LogP contribution is -2.14. The maximum Gasteiger partial charge on any atom is 0.316 e. The maximum absolute atomic E-state index is 10.6. The number of carbonyl (C=O) groups is 1. The average Bonchev–Trinajstić information content (AvgIpc) is 2.57. The molecule has 1 aromatic heterocycles. The Kier molecular flexibility index (Phi) is 3.89. The molecule has 0 spiro atoms. The number of rotatable bonds is 5. The van der Waals surface area contributed by atoms with Crippen LogP contribution < -0.4 is 0 Å². The van der Waals surface area contributed by atoms with Crippen molar-refractivity contribution in [3.8, 4) is 0 Å². The Hall–Kier alpha value is -0.900. The standard InChI is InChI=1S/C9H12O3S/c1-2-8(9(10)11)13-6-7-4-3-5-12-7/h3-5,8H,2,6H2,1H3,(H,10,11)/t8-/m1/s1. The van der Waals surface area contributed by atoms with Crippen LogP contribution >= 0.6 is 11.8 Å². The second kappa shape index (κ2) is 4.97. The van der Waals surface area contributed by atoms with E-state index < -0.39 is 5.97 Å². The Morgan fingerprint density at radius 1 is 1.77 bits per heavy atom. The van der Waals surface area contributed by atoms with Gasteiger partial charge >= 0.3 is 5.97 Å². The summed E-state index contributed by atoms with van der Waals surface area (Å²) in [6, 6.07) is 3.65. The number of hydrogen-bond acceptors (Lipinski definition) is 3. The van der Waals surface area contributed by atoms with Gasteiger partial charge in [0, 0.05) is 0 Å². The van der Waals surface area contributed by atoms with Crippen molar-refractivity contribution in [2.45, 2.75) is 24.3 Å². The van der Waals surface area contributed by atoms with Gasteiger partial charge in [-0.05, 0) is 18.6 Å². The molecular weight excluding hydrogens is 188 g/mol. The predicted octanol–water partition coefficient (Wildman–Crippen LogP) is 2.38. The normalized spacial score (nSPS) is 12.7. The van der Waals surface area contributed by atoms with E-state index in [1.807, 2.05) is 13.0 Å².